The van der Waals surface area contributed by atoms with Crippen LogP contribution in [0.4, 0.5) is 4.39 Å². The highest BCUT2D eigenvalue weighted by atomic mass is 35.5. The van der Waals surface area contributed by atoms with Gasteiger partial charge in [0.2, 0.25) is 11.8 Å². The fourth-order valence-corrected chi connectivity index (χ4v) is 3.93. The largest absolute Gasteiger partial charge is 0.352 e. The van der Waals surface area contributed by atoms with Crippen LogP contribution in [0, 0.1) is 5.82 Å². The molecule has 6 heteroatoms. The van der Waals surface area contributed by atoms with E-state index in [0.717, 1.165) is 31.2 Å². The van der Waals surface area contributed by atoms with E-state index in [1.807, 2.05) is 6.07 Å². The number of amides is 2. The molecule has 0 heterocycles. The van der Waals surface area contributed by atoms with Crippen LogP contribution in [0.1, 0.15) is 43.7 Å². The molecule has 0 aromatic heterocycles. The van der Waals surface area contributed by atoms with Gasteiger partial charge < -0.3 is 10.2 Å². The average Bonchev–Trinajstić information content (AvgIpc) is 3.20. The molecular weight excluding hydrogens is 391 g/mol. The van der Waals surface area contributed by atoms with Crippen molar-refractivity contribution in [3.63, 3.8) is 0 Å². The van der Waals surface area contributed by atoms with Gasteiger partial charge in [-0.1, -0.05) is 54.8 Å². The van der Waals surface area contributed by atoms with Crippen LogP contribution in [-0.4, -0.2) is 28.8 Å². The molecule has 29 heavy (non-hydrogen) atoms. The molecule has 1 N–H and O–H groups in total. The predicted octanol–water partition coefficient (Wildman–Crippen LogP) is 4.50. The lowest BCUT2D eigenvalue weighted by Crippen LogP contribution is -2.50. The third-order valence-electron chi connectivity index (χ3n) is 5.41. The molecular formula is C23H26ClFN2O2. The number of nitrogens with one attached hydrogen (secondary N) is 1. The van der Waals surface area contributed by atoms with Crippen LogP contribution in [0.15, 0.2) is 48.5 Å². The van der Waals surface area contributed by atoms with Gasteiger partial charge in [0.1, 0.15) is 11.9 Å². The molecule has 3 rings (SSSR count). The minimum absolute atomic E-state index is 0.103. The average molecular weight is 417 g/mol. The Morgan fingerprint density at radius 3 is 2.59 bits per heavy atom. The highest BCUT2D eigenvalue weighted by Crippen LogP contribution is 2.20. The quantitative estimate of drug-likeness (QED) is 0.722. The Kier molecular flexibility index (Phi) is 7.26. The molecule has 0 radical (unpaired) electrons. The summed E-state index contributed by atoms with van der Waals surface area (Å²) >= 11 is 6.08. The van der Waals surface area contributed by atoms with Gasteiger partial charge in [-0.15, -0.1) is 0 Å². The smallest absolute Gasteiger partial charge is 0.242 e. The maximum Gasteiger partial charge on any atom is 0.242 e. The number of carbonyl (C=O) groups excluding carboxylic acids is 2. The summed E-state index contributed by atoms with van der Waals surface area (Å²) in [6.45, 7) is 1.95. The van der Waals surface area contributed by atoms with Gasteiger partial charge in [-0.2, -0.15) is 0 Å². The molecule has 2 amide bonds. The number of benzene rings is 2. The van der Waals surface area contributed by atoms with Gasteiger partial charge in [-0.25, -0.2) is 4.39 Å². The SMILES string of the molecule is C[C@H](C(=O)NC1CCCC1)N(Cc1cccc(Cl)c1)C(=O)Cc1ccccc1F. The summed E-state index contributed by atoms with van der Waals surface area (Å²) in [5.41, 5.74) is 1.14. The van der Waals surface area contributed by atoms with Crippen molar-refractivity contribution in [3.8, 4) is 0 Å². The van der Waals surface area contributed by atoms with Crippen molar-refractivity contribution in [1.82, 2.24) is 10.2 Å². The summed E-state index contributed by atoms with van der Waals surface area (Å²) in [6, 6.07) is 12.9. The second-order valence-corrected chi connectivity index (χ2v) is 8.02. The maximum atomic E-state index is 14.1. The lowest BCUT2D eigenvalue weighted by Gasteiger charge is -2.30. The van der Waals surface area contributed by atoms with E-state index in [1.54, 1.807) is 43.3 Å². The van der Waals surface area contributed by atoms with Gasteiger partial charge in [0.25, 0.3) is 0 Å². The first kappa shape index (κ1) is 21.3. The maximum absolute atomic E-state index is 14.1. The predicted molar refractivity (Wildman–Crippen MR) is 112 cm³/mol. The van der Waals surface area contributed by atoms with Crippen LogP contribution in [0.5, 0.6) is 0 Å². The Hall–Kier alpha value is -2.40. The summed E-state index contributed by atoms with van der Waals surface area (Å²) in [7, 11) is 0. The number of hydrogen-bond donors (Lipinski definition) is 1. The van der Waals surface area contributed by atoms with Crippen LogP contribution in [0.2, 0.25) is 5.02 Å². The van der Waals surface area contributed by atoms with E-state index in [1.165, 1.54) is 11.0 Å². The van der Waals surface area contributed by atoms with E-state index in [4.69, 9.17) is 11.6 Å². The Labute approximate surface area is 176 Å². The fraction of sp³-hybridized carbons (Fsp3) is 0.391. The Bertz CT molecular complexity index is 867. The molecule has 1 fully saturated rings. The number of halogens is 2. The minimum Gasteiger partial charge on any atom is -0.352 e. The van der Waals surface area contributed by atoms with E-state index in [2.05, 4.69) is 5.32 Å². The standard InChI is InChI=1S/C23H26ClFN2O2/c1-16(23(29)26-20-10-3-4-11-20)27(15-17-7-6-9-19(24)13-17)22(28)14-18-8-2-5-12-21(18)25/h2,5-9,12-13,16,20H,3-4,10-11,14-15H2,1H3,(H,26,29)/t16-/m1/s1. The number of hydrogen-bond acceptors (Lipinski definition) is 2. The van der Waals surface area contributed by atoms with Crippen molar-refractivity contribution in [2.75, 3.05) is 0 Å². The first-order valence-electron chi connectivity index (χ1n) is 10.0. The van der Waals surface area contributed by atoms with Crippen molar-refractivity contribution in [1.29, 1.82) is 0 Å². The number of rotatable bonds is 7. The monoisotopic (exact) mass is 416 g/mol. The van der Waals surface area contributed by atoms with Gasteiger partial charge >= 0.3 is 0 Å². The molecule has 0 bridgehead atoms. The van der Waals surface area contributed by atoms with Crippen LogP contribution in [-0.2, 0) is 22.6 Å². The highest BCUT2D eigenvalue weighted by Gasteiger charge is 2.28. The Morgan fingerprint density at radius 2 is 1.90 bits per heavy atom. The second-order valence-electron chi connectivity index (χ2n) is 7.59. The first-order chi connectivity index (χ1) is 13.9. The lowest BCUT2D eigenvalue weighted by atomic mass is 10.1. The summed E-state index contributed by atoms with van der Waals surface area (Å²) in [5, 5.41) is 3.62. The lowest BCUT2D eigenvalue weighted by molar-refractivity contribution is -0.140. The fourth-order valence-electron chi connectivity index (χ4n) is 3.71. The van der Waals surface area contributed by atoms with E-state index in [-0.39, 0.29) is 30.8 Å². The van der Waals surface area contributed by atoms with Crippen LogP contribution in [0.3, 0.4) is 0 Å². The third-order valence-corrected chi connectivity index (χ3v) is 5.65. The normalized spacial score (nSPS) is 15.1. The molecule has 2 aromatic rings. The van der Waals surface area contributed by atoms with Gasteiger partial charge in [-0.05, 0) is 49.1 Å². The van der Waals surface area contributed by atoms with Crippen LogP contribution < -0.4 is 5.32 Å². The van der Waals surface area contributed by atoms with Crippen molar-refractivity contribution < 1.29 is 14.0 Å². The van der Waals surface area contributed by atoms with Crippen molar-refractivity contribution in [3.05, 3.63) is 70.5 Å². The molecule has 1 aliphatic carbocycles. The second kappa shape index (κ2) is 9.88. The van der Waals surface area contributed by atoms with Gasteiger partial charge in [0.15, 0.2) is 0 Å². The molecule has 0 spiro atoms. The molecule has 154 valence electrons. The van der Waals surface area contributed by atoms with E-state index in [9.17, 15) is 14.0 Å². The Balaban J connectivity index is 1.78. The van der Waals surface area contributed by atoms with Crippen LogP contribution >= 0.6 is 11.6 Å². The first-order valence-corrected chi connectivity index (χ1v) is 10.4. The summed E-state index contributed by atoms with van der Waals surface area (Å²) in [6.07, 6.45) is 4.05. The third kappa shape index (κ3) is 5.80. The zero-order valence-electron chi connectivity index (χ0n) is 16.5. The van der Waals surface area contributed by atoms with E-state index >= 15 is 0 Å². The summed E-state index contributed by atoms with van der Waals surface area (Å²) in [4.78, 5) is 27.4. The van der Waals surface area contributed by atoms with Gasteiger partial charge in [-0.3, -0.25) is 9.59 Å². The molecule has 4 nitrogen and oxygen atoms in total. The molecule has 1 atom stereocenters. The zero-order valence-corrected chi connectivity index (χ0v) is 17.3. The zero-order chi connectivity index (χ0) is 20.8. The molecule has 0 aliphatic heterocycles. The Morgan fingerprint density at radius 1 is 1.17 bits per heavy atom. The number of carbonyl (C=O) groups is 2. The van der Waals surface area contributed by atoms with E-state index < -0.39 is 11.9 Å². The number of nitrogens with zero attached hydrogens (tertiary/aromatic N) is 1. The summed E-state index contributed by atoms with van der Waals surface area (Å²) in [5.74, 6) is -0.906. The molecule has 0 saturated heterocycles. The van der Waals surface area contributed by atoms with Crippen molar-refractivity contribution >= 4 is 23.4 Å². The van der Waals surface area contributed by atoms with Gasteiger partial charge in [0, 0.05) is 17.6 Å². The molecule has 0 unspecified atom stereocenters. The molecule has 2 aromatic carbocycles. The van der Waals surface area contributed by atoms with Gasteiger partial charge in [0.05, 0.1) is 6.42 Å². The minimum atomic E-state index is -0.672. The van der Waals surface area contributed by atoms with E-state index in [0.29, 0.717) is 10.6 Å². The topological polar surface area (TPSA) is 49.4 Å². The van der Waals surface area contributed by atoms with Crippen molar-refractivity contribution in [2.45, 2.75) is 57.7 Å². The van der Waals surface area contributed by atoms with Crippen LogP contribution in [0.25, 0.3) is 0 Å². The summed E-state index contributed by atoms with van der Waals surface area (Å²) < 4.78 is 14.1. The molecule has 1 aliphatic rings. The highest BCUT2D eigenvalue weighted by molar-refractivity contribution is 6.30. The van der Waals surface area contributed by atoms with Crippen molar-refractivity contribution in [2.24, 2.45) is 0 Å². The molecule has 1 saturated carbocycles.